The summed E-state index contributed by atoms with van der Waals surface area (Å²) in [6, 6.07) is 5.86. The lowest BCUT2D eigenvalue weighted by atomic mass is 10.0. The van der Waals surface area contributed by atoms with Gasteiger partial charge in [0.2, 0.25) is 0 Å². The Labute approximate surface area is 101 Å². The fourth-order valence-electron chi connectivity index (χ4n) is 2.07. The van der Waals surface area contributed by atoms with Crippen molar-refractivity contribution in [1.29, 1.82) is 5.26 Å². The Balaban J connectivity index is 1.84. The summed E-state index contributed by atoms with van der Waals surface area (Å²) in [6.45, 7) is 1.84. The van der Waals surface area contributed by atoms with E-state index in [9.17, 15) is 0 Å². The topological polar surface area (TPSA) is 68.9 Å². The Morgan fingerprint density at radius 1 is 1.53 bits per heavy atom. The van der Waals surface area contributed by atoms with Crippen molar-refractivity contribution < 1.29 is 5.11 Å². The molecule has 0 aromatic carbocycles. The molecule has 0 bridgehead atoms. The minimum Gasteiger partial charge on any atom is -0.396 e. The van der Waals surface area contributed by atoms with Crippen molar-refractivity contribution in [3.63, 3.8) is 0 Å². The molecule has 4 nitrogen and oxygen atoms in total. The number of aliphatic hydroxyl groups excluding tert-OH is 1. The van der Waals surface area contributed by atoms with Crippen LogP contribution in [0.3, 0.4) is 0 Å². The minimum atomic E-state index is 0.262. The maximum Gasteiger partial charge on any atom is 0.144 e. The van der Waals surface area contributed by atoms with Crippen molar-refractivity contribution >= 4 is 0 Å². The fraction of sp³-hybridized carbons (Fsp3) is 0.538. The van der Waals surface area contributed by atoms with Crippen LogP contribution in [0.1, 0.15) is 30.5 Å². The summed E-state index contributed by atoms with van der Waals surface area (Å²) >= 11 is 0. The van der Waals surface area contributed by atoms with E-state index in [1.807, 2.05) is 12.1 Å². The molecule has 17 heavy (non-hydrogen) atoms. The van der Waals surface area contributed by atoms with Gasteiger partial charge in [-0.15, -0.1) is 0 Å². The number of nitriles is 1. The molecule has 0 unspecified atom stereocenters. The van der Waals surface area contributed by atoms with Crippen LogP contribution in [0.25, 0.3) is 0 Å². The number of aromatic nitrogens is 1. The monoisotopic (exact) mass is 231 g/mol. The Kier molecular flexibility index (Phi) is 3.72. The molecule has 0 spiro atoms. The van der Waals surface area contributed by atoms with E-state index in [1.54, 1.807) is 6.20 Å². The highest BCUT2D eigenvalue weighted by Gasteiger charge is 2.41. The first kappa shape index (κ1) is 12.0. The lowest BCUT2D eigenvalue weighted by molar-refractivity contribution is 0.245. The third-order valence-corrected chi connectivity index (χ3v) is 3.41. The van der Waals surface area contributed by atoms with Crippen LogP contribution in [0.4, 0.5) is 0 Å². The van der Waals surface area contributed by atoms with E-state index in [2.05, 4.69) is 16.4 Å². The summed E-state index contributed by atoms with van der Waals surface area (Å²) < 4.78 is 0. The van der Waals surface area contributed by atoms with Gasteiger partial charge in [0.05, 0.1) is 0 Å². The summed E-state index contributed by atoms with van der Waals surface area (Å²) in [5.41, 5.74) is 1.74. The summed E-state index contributed by atoms with van der Waals surface area (Å²) in [5, 5.41) is 21.2. The second-order valence-electron chi connectivity index (χ2n) is 4.70. The molecule has 1 aliphatic rings. The lowest BCUT2D eigenvalue weighted by Crippen LogP contribution is -2.24. The van der Waals surface area contributed by atoms with Gasteiger partial charge in [0, 0.05) is 31.5 Å². The van der Waals surface area contributed by atoms with Crippen LogP contribution in [0.2, 0.25) is 0 Å². The maximum atomic E-state index is 8.96. The molecule has 1 aliphatic carbocycles. The fourth-order valence-corrected chi connectivity index (χ4v) is 2.07. The molecule has 1 aromatic rings. The number of nitrogens with one attached hydrogen (secondary N) is 1. The third-order valence-electron chi connectivity index (χ3n) is 3.41. The zero-order chi connectivity index (χ0) is 12.1. The Morgan fingerprint density at radius 2 is 2.35 bits per heavy atom. The standard InChI is InChI=1S/C13H17N3O/c14-8-12-11(2-1-6-16-12)9-15-10-13(3-4-13)5-7-17/h1-2,6,15,17H,3-5,7,9-10H2. The number of hydrogen-bond acceptors (Lipinski definition) is 4. The van der Waals surface area contributed by atoms with Crippen molar-refractivity contribution in [3.8, 4) is 6.07 Å². The van der Waals surface area contributed by atoms with Gasteiger partial charge in [0.1, 0.15) is 11.8 Å². The van der Waals surface area contributed by atoms with Crippen molar-refractivity contribution in [2.75, 3.05) is 13.2 Å². The van der Waals surface area contributed by atoms with Crippen LogP contribution >= 0.6 is 0 Å². The molecule has 1 heterocycles. The van der Waals surface area contributed by atoms with E-state index in [-0.39, 0.29) is 6.61 Å². The normalized spacial score (nSPS) is 16.5. The van der Waals surface area contributed by atoms with E-state index in [1.165, 1.54) is 12.8 Å². The Morgan fingerprint density at radius 3 is 3.00 bits per heavy atom. The first-order valence-corrected chi connectivity index (χ1v) is 5.95. The van der Waals surface area contributed by atoms with Crippen molar-refractivity contribution in [2.24, 2.45) is 5.41 Å². The predicted octanol–water partition coefficient (Wildman–Crippen LogP) is 1.21. The van der Waals surface area contributed by atoms with Gasteiger partial charge in [-0.2, -0.15) is 5.26 Å². The predicted molar refractivity (Wildman–Crippen MR) is 64.0 cm³/mol. The molecule has 1 fully saturated rings. The molecule has 90 valence electrons. The van der Waals surface area contributed by atoms with Crippen molar-refractivity contribution in [2.45, 2.75) is 25.8 Å². The van der Waals surface area contributed by atoms with E-state index in [4.69, 9.17) is 10.4 Å². The molecular formula is C13H17N3O. The van der Waals surface area contributed by atoms with Gasteiger partial charge in [-0.3, -0.25) is 0 Å². The Hall–Kier alpha value is -1.44. The van der Waals surface area contributed by atoms with Crippen LogP contribution in [0.15, 0.2) is 18.3 Å². The second kappa shape index (κ2) is 5.26. The van der Waals surface area contributed by atoms with Crippen LogP contribution in [-0.2, 0) is 6.54 Å². The SMILES string of the molecule is N#Cc1ncccc1CNCC1(CCO)CC1. The van der Waals surface area contributed by atoms with Gasteiger partial charge in [-0.05, 0) is 30.7 Å². The molecular weight excluding hydrogens is 214 g/mol. The molecule has 2 rings (SSSR count). The lowest BCUT2D eigenvalue weighted by Gasteiger charge is -2.14. The van der Waals surface area contributed by atoms with E-state index in [0.29, 0.717) is 17.7 Å². The molecule has 0 saturated heterocycles. The summed E-state index contributed by atoms with van der Waals surface area (Å²) in [5.74, 6) is 0. The van der Waals surface area contributed by atoms with Crippen molar-refractivity contribution in [3.05, 3.63) is 29.6 Å². The first-order valence-electron chi connectivity index (χ1n) is 5.95. The summed E-state index contributed by atoms with van der Waals surface area (Å²) in [4.78, 5) is 4.02. The largest absolute Gasteiger partial charge is 0.396 e. The highest BCUT2D eigenvalue weighted by atomic mass is 16.3. The summed E-state index contributed by atoms with van der Waals surface area (Å²) in [7, 11) is 0. The summed E-state index contributed by atoms with van der Waals surface area (Å²) in [6.07, 6.45) is 4.89. The molecule has 0 aliphatic heterocycles. The molecule has 0 radical (unpaired) electrons. The van der Waals surface area contributed by atoms with Gasteiger partial charge >= 0.3 is 0 Å². The zero-order valence-corrected chi connectivity index (χ0v) is 9.82. The number of pyridine rings is 1. The van der Waals surface area contributed by atoms with E-state index >= 15 is 0 Å². The van der Waals surface area contributed by atoms with Gasteiger partial charge in [0.25, 0.3) is 0 Å². The van der Waals surface area contributed by atoms with Gasteiger partial charge < -0.3 is 10.4 Å². The molecule has 0 amide bonds. The number of rotatable bonds is 6. The third kappa shape index (κ3) is 3.02. The Bertz CT molecular complexity index is 421. The second-order valence-corrected chi connectivity index (χ2v) is 4.70. The smallest absolute Gasteiger partial charge is 0.144 e. The van der Waals surface area contributed by atoms with Gasteiger partial charge in [-0.1, -0.05) is 6.07 Å². The molecule has 1 aromatic heterocycles. The van der Waals surface area contributed by atoms with Crippen molar-refractivity contribution in [1.82, 2.24) is 10.3 Å². The van der Waals surface area contributed by atoms with Gasteiger partial charge in [0.15, 0.2) is 0 Å². The molecule has 2 N–H and O–H groups in total. The van der Waals surface area contributed by atoms with Crippen LogP contribution in [0, 0.1) is 16.7 Å². The van der Waals surface area contributed by atoms with E-state index in [0.717, 1.165) is 18.5 Å². The highest BCUT2D eigenvalue weighted by Crippen LogP contribution is 2.47. The van der Waals surface area contributed by atoms with E-state index < -0.39 is 0 Å². The number of hydrogen-bond donors (Lipinski definition) is 2. The number of aliphatic hydroxyl groups is 1. The van der Waals surface area contributed by atoms with Gasteiger partial charge in [-0.25, -0.2) is 4.98 Å². The zero-order valence-electron chi connectivity index (χ0n) is 9.82. The maximum absolute atomic E-state index is 8.96. The average molecular weight is 231 g/mol. The quantitative estimate of drug-likeness (QED) is 0.772. The minimum absolute atomic E-state index is 0.262. The first-order chi connectivity index (χ1) is 8.29. The van der Waals surface area contributed by atoms with Crippen LogP contribution in [0.5, 0.6) is 0 Å². The van der Waals surface area contributed by atoms with Crippen LogP contribution < -0.4 is 5.32 Å². The molecule has 1 saturated carbocycles. The molecule has 4 heteroatoms. The highest BCUT2D eigenvalue weighted by molar-refractivity contribution is 5.30. The van der Waals surface area contributed by atoms with Crippen LogP contribution in [-0.4, -0.2) is 23.2 Å². The average Bonchev–Trinajstić information content (AvgIpc) is 3.10. The molecule has 0 atom stereocenters. The number of nitrogens with zero attached hydrogens (tertiary/aromatic N) is 2.